The first-order valence-electron chi connectivity index (χ1n) is 7.10. The second kappa shape index (κ2) is 6.59. The SMILES string of the molecule is N#CCN1C(=O)COc2cc(NCc3ccc(Cl)cc3)ccc21. The standard InChI is InChI=1S/C17H14ClN3O2/c18-13-3-1-12(2-4-13)10-20-14-5-6-15-16(9-14)23-11-17(22)21(15)8-7-19/h1-6,9,20H,8,10-11H2. The molecule has 0 bridgehead atoms. The molecule has 0 fully saturated rings. The molecular formula is C17H14ClN3O2. The van der Waals surface area contributed by atoms with E-state index in [1.54, 1.807) is 6.07 Å². The highest BCUT2D eigenvalue weighted by Crippen LogP contribution is 2.34. The first-order chi connectivity index (χ1) is 11.2. The number of carbonyl (C=O) groups is 1. The third-order valence-electron chi connectivity index (χ3n) is 3.54. The first kappa shape index (κ1) is 15.2. The van der Waals surface area contributed by atoms with E-state index in [2.05, 4.69) is 5.32 Å². The molecule has 0 atom stereocenters. The van der Waals surface area contributed by atoms with Crippen molar-refractivity contribution in [1.82, 2.24) is 0 Å². The number of halogens is 1. The van der Waals surface area contributed by atoms with Crippen molar-refractivity contribution in [1.29, 1.82) is 5.26 Å². The Morgan fingerprint density at radius 3 is 2.78 bits per heavy atom. The fraction of sp³-hybridized carbons (Fsp3) is 0.176. The van der Waals surface area contributed by atoms with E-state index in [-0.39, 0.29) is 19.1 Å². The topological polar surface area (TPSA) is 65.4 Å². The highest BCUT2D eigenvalue weighted by atomic mass is 35.5. The lowest BCUT2D eigenvalue weighted by atomic mass is 10.2. The van der Waals surface area contributed by atoms with Crippen LogP contribution in [-0.2, 0) is 11.3 Å². The van der Waals surface area contributed by atoms with Crippen LogP contribution in [-0.4, -0.2) is 19.1 Å². The Hall–Kier alpha value is -2.71. The van der Waals surface area contributed by atoms with Gasteiger partial charge in [0.1, 0.15) is 12.3 Å². The molecule has 2 aromatic rings. The van der Waals surface area contributed by atoms with Gasteiger partial charge in [0.25, 0.3) is 5.91 Å². The predicted molar refractivity (Wildman–Crippen MR) is 88.7 cm³/mol. The lowest BCUT2D eigenvalue weighted by Crippen LogP contribution is -2.38. The Morgan fingerprint density at radius 1 is 1.26 bits per heavy atom. The predicted octanol–water partition coefficient (Wildman–Crippen LogP) is 3.20. The van der Waals surface area contributed by atoms with Gasteiger partial charge in [-0.25, -0.2) is 0 Å². The van der Waals surface area contributed by atoms with E-state index in [0.717, 1.165) is 11.3 Å². The van der Waals surface area contributed by atoms with Crippen molar-refractivity contribution in [2.45, 2.75) is 6.54 Å². The third kappa shape index (κ3) is 3.38. The summed E-state index contributed by atoms with van der Waals surface area (Å²) in [5.41, 5.74) is 2.61. The number of benzene rings is 2. The molecular weight excluding hydrogens is 314 g/mol. The number of ether oxygens (including phenoxy) is 1. The Labute approximate surface area is 139 Å². The van der Waals surface area contributed by atoms with Crippen LogP contribution in [0.4, 0.5) is 11.4 Å². The summed E-state index contributed by atoms with van der Waals surface area (Å²) in [5.74, 6) is 0.391. The molecule has 5 nitrogen and oxygen atoms in total. The van der Waals surface area contributed by atoms with Crippen LogP contribution < -0.4 is 15.0 Å². The van der Waals surface area contributed by atoms with Crippen LogP contribution in [0.1, 0.15) is 5.56 Å². The van der Waals surface area contributed by atoms with Crippen molar-refractivity contribution >= 4 is 28.9 Å². The summed E-state index contributed by atoms with van der Waals surface area (Å²) < 4.78 is 5.46. The zero-order valence-corrected chi connectivity index (χ0v) is 13.0. The van der Waals surface area contributed by atoms with Gasteiger partial charge in [-0.1, -0.05) is 23.7 Å². The average Bonchev–Trinajstić information content (AvgIpc) is 2.57. The number of rotatable bonds is 4. The van der Waals surface area contributed by atoms with Crippen LogP contribution in [0, 0.1) is 11.3 Å². The van der Waals surface area contributed by atoms with E-state index < -0.39 is 0 Å². The van der Waals surface area contributed by atoms with E-state index in [1.807, 2.05) is 42.5 Å². The van der Waals surface area contributed by atoms with E-state index in [4.69, 9.17) is 21.6 Å². The van der Waals surface area contributed by atoms with Gasteiger partial charge in [-0.2, -0.15) is 5.26 Å². The highest BCUT2D eigenvalue weighted by Gasteiger charge is 2.25. The van der Waals surface area contributed by atoms with Crippen LogP contribution >= 0.6 is 11.6 Å². The molecule has 0 aromatic heterocycles. The minimum absolute atomic E-state index is 0.0206. The maximum Gasteiger partial charge on any atom is 0.265 e. The highest BCUT2D eigenvalue weighted by molar-refractivity contribution is 6.30. The zero-order chi connectivity index (χ0) is 16.2. The lowest BCUT2D eigenvalue weighted by Gasteiger charge is -2.27. The number of nitrogens with zero attached hydrogens (tertiary/aromatic N) is 2. The Balaban J connectivity index is 1.74. The monoisotopic (exact) mass is 327 g/mol. The third-order valence-corrected chi connectivity index (χ3v) is 3.79. The van der Waals surface area contributed by atoms with Gasteiger partial charge in [0.05, 0.1) is 11.8 Å². The molecule has 0 saturated carbocycles. The van der Waals surface area contributed by atoms with Crippen molar-refractivity contribution in [3.63, 3.8) is 0 Å². The molecule has 3 rings (SSSR count). The van der Waals surface area contributed by atoms with E-state index in [0.29, 0.717) is 23.0 Å². The largest absolute Gasteiger partial charge is 0.481 e. The van der Waals surface area contributed by atoms with Gasteiger partial charge >= 0.3 is 0 Å². The van der Waals surface area contributed by atoms with Crippen LogP contribution in [0.15, 0.2) is 42.5 Å². The van der Waals surface area contributed by atoms with Gasteiger partial charge in [-0.3, -0.25) is 9.69 Å². The van der Waals surface area contributed by atoms with Gasteiger partial charge in [-0.15, -0.1) is 0 Å². The summed E-state index contributed by atoms with van der Waals surface area (Å²) >= 11 is 5.87. The molecule has 0 radical (unpaired) electrons. The van der Waals surface area contributed by atoms with Gasteiger partial charge < -0.3 is 10.1 Å². The molecule has 0 unspecified atom stereocenters. The lowest BCUT2D eigenvalue weighted by molar-refractivity contribution is -0.121. The second-order valence-corrected chi connectivity index (χ2v) is 5.53. The summed E-state index contributed by atoms with van der Waals surface area (Å²) in [7, 11) is 0. The van der Waals surface area contributed by atoms with Crippen LogP contribution in [0.25, 0.3) is 0 Å². The van der Waals surface area contributed by atoms with Crippen LogP contribution in [0.5, 0.6) is 5.75 Å². The van der Waals surface area contributed by atoms with E-state index in [1.165, 1.54) is 4.90 Å². The zero-order valence-electron chi connectivity index (χ0n) is 12.3. The van der Waals surface area contributed by atoms with Crippen molar-refractivity contribution < 1.29 is 9.53 Å². The second-order valence-electron chi connectivity index (χ2n) is 5.09. The van der Waals surface area contributed by atoms with Crippen LogP contribution in [0.2, 0.25) is 5.02 Å². The molecule has 1 aliphatic heterocycles. The normalized spacial score (nSPS) is 13.0. The van der Waals surface area contributed by atoms with Gasteiger partial charge in [0, 0.05) is 23.3 Å². The Bertz CT molecular complexity index is 768. The molecule has 116 valence electrons. The maximum atomic E-state index is 11.8. The molecule has 1 N–H and O–H groups in total. The minimum atomic E-state index is -0.207. The molecule has 2 aromatic carbocycles. The number of hydrogen-bond donors (Lipinski definition) is 1. The van der Waals surface area contributed by atoms with Crippen molar-refractivity contribution in [3.05, 3.63) is 53.1 Å². The average molecular weight is 328 g/mol. The number of nitrogens with one attached hydrogen (secondary N) is 1. The molecule has 0 spiro atoms. The Kier molecular flexibility index (Phi) is 4.35. The van der Waals surface area contributed by atoms with E-state index >= 15 is 0 Å². The number of anilines is 2. The number of carbonyl (C=O) groups excluding carboxylic acids is 1. The Morgan fingerprint density at radius 2 is 2.04 bits per heavy atom. The summed E-state index contributed by atoms with van der Waals surface area (Å²) in [6, 6.07) is 15.1. The summed E-state index contributed by atoms with van der Waals surface area (Å²) in [4.78, 5) is 13.2. The summed E-state index contributed by atoms with van der Waals surface area (Å²) in [6.07, 6.45) is 0. The first-order valence-corrected chi connectivity index (χ1v) is 7.47. The van der Waals surface area contributed by atoms with Crippen LogP contribution in [0.3, 0.4) is 0 Å². The molecule has 1 amide bonds. The number of hydrogen-bond acceptors (Lipinski definition) is 4. The van der Waals surface area contributed by atoms with Gasteiger partial charge in [0.2, 0.25) is 0 Å². The molecule has 1 aliphatic rings. The summed E-state index contributed by atoms with van der Waals surface area (Å²) in [6.45, 7) is 0.624. The summed E-state index contributed by atoms with van der Waals surface area (Å²) in [5, 5.41) is 12.8. The molecule has 23 heavy (non-hydrogen) atoms. The fourth-order valence-corrected chi connectivity index (χ4v) is 2.49. The quantitative estimate of drug-likeness (QED) is 0.876. The van der Waals surface area contributed by atoms with Crippen molar-refractivity contribution in [2.75, 3.05) is 23.4 Å². The van der Waals surface area contributed by atoms with Crippen molar-refractivity contribution in [3.8, 4) is 11.8 Å². The van der Waals surface area contributed by atoms with Crippen molar-refractivity contribution in [2.24, 2.45) is 0 Å². The van der Waals surface area contributed by atoms with Gasteiger partial charge in [-0.05, 0) is 29.8 Å². The smallest absolute Gasteiger partial charge is 0.265 e. The number of fused-ring (bicyclic) bond motifs is 1. The minimum Gasteiger partial charge on any atom is -0.481 e. The maximum absolute atomic E-state index is 11.8. The fourth-order valence-electron chi connectivity index (χ4n) is 2.36. The van der Waals surface area contributed by atoms with E-state index in [9.17, 15) is 4.79 Å². The molecule has 0 aliphatic carbocycles. The molecule has 1 heterocycles. The number of amides is 1. The molecule has 0 saturated heterocycles. The van der Waals surface area contributed by atoms with Gasteiger partial charge in [0.15, 0.2) is 6.61 Å². The number of nitriles is 1. The molecule has 6 heteroatoms.